The summed E-state index contributed by atoms with van der Waals surface area (Å²) in [5.74, 6) is -3.85. The maximum absolute atomic E-state index is 13.9. The summed E-state index contributed by atoms with van der Waals surface area (Å²) in [6.07, 6.45) is 4.52. The lowest BCUT2D eigenvalue weighted by Crippen LogP contribution is -2.58. The molecule has 1 saturated carbocycles. The molecular formula is C26H21Cl2N3O6. The number of amides is 3. The highest BCUT2D eigenvalue weighted by Gasteiger charge is 2.62. The maximum Gasteiger partial charge on any atom is 0.273 e. The first-order chi connectivity index (χ1) is 17.7. The molecule has 2 bridgehead atoms. The van der Waals surface area contributed by atoms with E-state index in [-0.39, 0.29) is 41.0 Å². The molecule has 0 radical (unpaired) electrons. The van der Waals surface area contributed by atoms with Gasteiger partial charge in [0, 0.05) is 34.2 Å². The highest BCUT2D eigenvalue weighted by molar-refractivity contribution is 6.30. The van der Waals surface area contributed by atoms with Crippen LogP contribution in [-0.2, 0) is 9.59 Å². The van der Waals surface area contributed by atoms with Crippen LogP contribution in [0.3, 0.4) is 0 Å². The number of carbonyl (C=O) groups is 4. The van der Waals surface area contributed by atoms with E-state index in [1.807, 2.05) is 12.2 Å². The molecule has 1 heterocycles. The third-order valence-electron chi connectivity index (χ3n) is 7.30. The minimum atomic E-state index is -1.28. The summed E-state index contributed by atoms with van der Waals surface area (Å²) in [5, 5.41) is 13.2. The van der Waals surface area contributed by atoms with Crippen molar-refractivity contribution in [1.82, 2.24) is 10.0 Å². The molecule has 11 heteroatoms. The third-order valence-corrected chi connectivity index (χ3v) is 7.78. The standard InChI is InChI=1S/C26H21Cl2N3O6/c27-12-11-20(23(32)14-3-7-18(28)8-4-14)29(24(33)15-5-9-19(10-6-15)31(36)37)30-25(34)21-16-1-2-17(13-16)22(21)26(30)35/h1-10,16-17,20-22H,11-13H2/t16-,17-,20+,21-,22+/m0/s1. The summed E-state index contributed by atoms with van der Waals surface area (Å²) in [6, 6.07) is 9.51. The number of non-ortho nitro benzene ring substituents is 1. The quantitative estimate of drug-likeness (QED) is 0.123. The van der Waals surface area contributed by atoms with E-state index in [4.69, 9.17) is 23.2 Å². The van der Waals surface area contributed by atoms with Crippen molar-refractivity contribution in [2.24, 2.45) is 23.7 Å². The number of alkyl halides is 1. The number of fused-ring (bicyclic) bond motifs is 5. The lowest BCUT2D eigenvalue weighted by Gasteiger charge is -2.36. The summed E-state index contributed by atoms with van der Waals surface area (Å²) < 4.78 is 0. The number of Topliss-reactive ketones (excluding diaryl/α,β-unsaturated/α-hetero) is 1. The monoisotopic (exact) mass is 541 g/mol. The molecule has 0 spiro atoms. The van der Waals surface area contributed by atoms with E-state index < -0.39 is 46.3 Å². The average molecular weight is 542 g/mol. The van der Waals surface area contributed by atoms with Gasteiger partial charge in [-0.05, 0) is 61.1 Å². The van der Waals surface area contributed by atoms with Crippen LogP contribution in [0.1, 0.15) is 33.6 Å². The van der Waals surface area contributed by atoms with Crippen molar-refractivity contribution in [3.05, 3.63) is 86.9 Å². The molecule has 5 atom stereocenters. The van der Waals surface area contributed by atoms with Crippen LogP contribution in [0.25, 0.3) is 0 Å². The first kappa shape index (κ1) is 25.1. The van der Waals surface area contributed by atoms with E-state index in [0.29, 0.717) is 11.4 Å². The number of imide groups is 1. The van der Waals surface area contributed by atoms with E-state index in [2.05, 4.69) is 0 Å². The molecule has 2 aromatic rings. The Balaban J connectivity index is 1.58. The number of allylic oxidation sites excluding steroid dienone is 2. The van der Waals surface area contributed by atoms with Crippen molar-refractivity contribution >= 4 is 52.4 Å². The van der Waals surface area contributed by atoms with Gasteiger partial charge in [-0.3, -0.25) is 29.3 Å². The van der Waals surface area contributed by atoms with E-state index in [1.54, 1.807) is 0 Å². The molecule has 2 fully saturated rings. The molecule has 190 valence electrons. The Bertz CT molecular complexity index is 1300. The van der Waals surface area contributed by atoms with Crippen molar-refractivity contribution < 1.29 is 24.1 Å². The van der Waals surface area contributed by atoms with Crippen LogP contribution >= 0.6 is 23.2 Å². The first-order valence-electron chi connectivity index (χ1n) is 11.7. The second-order valence-electron chi connectivity index (χ2n) is 9.31. The van der Waals surface area contributed by atoms with Crippen LogP contribution in [0.15, 0.2) is 60.7 Å². The maximum atomic E-state index is 13.9. The van der Waals surface area contributed by atoms with Crippen molar-refractivity contribution in [3.8, 4) is 0 Å². The van der Waals surface area contributed by atoms with Crippen LogP contribution in [-0.4, -0.2) is 50.4 Å². The van der Waals surface area contributed by atoms with Gasteiger partial charge in [-0.2, -0.15) is 5.01 Å². The van der Waals surface area contributed by atoms with Crippen LogP contribution in [0.2, 0.25) is 5.02 Å². The molecule has 2 aliphatic carbocycles. The minimum Gasteiger partial charge on any atom is -0.292 e. The summed E-state index contributed by atoms with van der Waals surface area (Å²) in [4.78, 5) is 65.3. The Morgan fingerprint density at radius 1 is 0.973 bits per heavy atom. The molecule has 0 N–H and O–H groups in total. The Morgan fingerprint density at radius 2 is 1.51 bits per heavy atom. The zero-order valence-corrected chi connectivity index (χ0v) is 20.8. The Morgan fingerprint density at radius 3 is 2.03 bits per heavy atom. The van der Waals surface area contributed by atoms with Gasteiger partial charge >= 0.3 is 0 Å². The normalized spacial score (nSPS) is 24.3. The van der Waals surface area contributed by atoms with E-state index in [0.717, 1.165) is 22.2 Å². The molecule has 1 aliphatic heterocycles. The van der Waals surface area contributed by atoms with Gasteiger partial charge in [0.15, 0.2) is 5.78 Å². The number of nitrogens with zero attached hydrogens (tertiary/aromatic N) is 3. The zero-order valence-electron chi connectivity index (χ0n) is 19.3. The van der Waals surface area contributed by atoms with Crippen LogP contribution in [0, 0.1) is 33.8 Å². The highest BCUT2D eigenvalue weighted by atomic mass is 35.5. The molecule has 1 saturated heterocycles. The Labute approximate surface area is 221 Å². The van der Waals surface area contributed by atoms with E-state index in [1.165, 1.54) is 36.4 Å². The molecule has 3 amide bonds. The molecule has 0 aromatic heterocycles. The minimum absolute atomic E-state index is 0.0205. The fourth-order valence-corrected chi connectivity index (χ4v) is 5.94. The number of halogens is 2. The number of hydrogen-bond donors (Lipinski definition) is 0. The van der Waals surface area contributed by atoms with Gasteiger partial charge in [0.25, 0.3) is 23.4 Å². The number of hydrazine groups is 1. The third kappa shape index (κ3) is 4.22. The van der Waals surface area contributed by atoms with Gasteiger partial charge in [-0.1, -0.05) is 23.8 Å². The summed E-state index contributed by atoms with van der Waals surface area (Å²) >= 11 is 12.0. The van der Waals surface area contributed by atoms with Crippen molar-refractivity contribution in [2.75, 3.05) is 5.88 Å². The van der Waals surface area contributed by atoms with Crippen molar-refractivity contribution in [2.45, 2.75) is 18.9 Å². The summed E-state index contributed by atoms with van der Waals surface area (Å²) in [6.45, 7) is 0. The summed E-state index contributed by atoms with van der Waals surface area (Å²) in [7, 11) is 0. The van der Waals surface area contributed by atoms with Gasteiger partial charge in [0.05, 0.1) is 16.8 Å². The number of benzene rings is 2. The van der Waals surface area contributed by atoms with E-state index in [9.17, 15) is 29.3 Å². The molecule has 5 rings (SSSR count). The Kier molecular flexibility index (Phi) is 6.59. The average Bonchev–Trinajstić information content (AvgIpc) is 3.58. The summed E-state index contributed by atoms with van der Waals surface area (Å²) in [5.41, 5.74) is -0.0296. The van der Waals surface area contributed by atoms with Crippen molar-refractivity contribution in [1.29, 1.82) is 0 Å². The predicted molar refractivity (Wildman–Crippen MR) is 134 cm³/mol. The fourth-order valence-electron chi connectivity index (χ4n) is 5.60. The number of carbonyl (C=O) groups excluding carboxylic acids is 4. The van der Waals surface area contributed by atoms with Crippen molar-refractivity contribution in [3.63, 3.8) is 0 Å². The Hall–Kier alpha value is -3.56. The lowest BCUT2D eigenvalue weighted by atomic mass is 9.85. The SMILES string of the molecule is O=C(c1ccc(Cl)cc1)[C@@H](CCCl)N(C(=O)c1ccc([N+](=O)[O-])cc1)N1C(=O)[C@@H]2[C@H](C1=O)[C@H]1C=C[C@H]2C1. The number of nitro benzene ring substituents is 1. The van der Waals surface area contributed by atoms with Gasteiger partial charge in [-0.25, -0.2) is 5.01 Å². The molecule has 9 nitrogen and oxygen atoms in total. The van der Waals surface area contributed by atoms with Gasteiger partial charge in [-0.15, -0.1) is 11.6 Å². The van der Waals surface area contributed by atoms with E-state index >= 15 is 0 Å². The van der Waals surface area contributed by atoms with Crippen LogP contribution < -0.4 is 0 Å². The van der Waals surface area contributed by atoms with Gasteiger partial charge in [0.2, 0.25) is 0 Å². The lowest BCUT2D eigenvalue weighted by molar-refractivity contribution is -0.384. The molecular weight excluding hydrogens is 521 g/mol. The second-order valence-corrected chi connectivity index (χ2v) is 10.1. The largest absolute Gasteiger partial charge is 0.292 e. The topological polar surface area (TPSA) is 118 Å². The predicted octanol–water partition coefficient (Wildman–Crippen LogP) is 4.29. The highest BCUT2D eigenvalue weighted by Crippen LogP contribution is 2.53. The molecule has 3 aliphatic rings. The molecule has 0 unspecified atom stereocenters. The van der Waals surface area contributed by atoms with Crippen LogP contribution in [0.4, 0.5) is 5.69 Å². The number of hydrogen-bond acceptors (Lipinski definition) is 6. The molecule has 2 aromatic carbocycles. The number of rotatable bonds is 8. The van der Waals surface area contributed by atoms with Gasteiger partial charge in [0.1, 0.15) is 6.04 Å². The smallest absolute Gasteiger partial charge is 0.273 e. The van der Waals surface area contributed by atoms with Gasteiger partial charge < -0.3 is 0 Å². The zero-order chi connectivity index (χ0) is 26.4. The first-order valence-corrected chi connectivity index (χ1v) is 12.6. The van der Waals surface area contributed by atoms with Crippen LogP contribution in [0.5, 0.6) is 0 Å². The number of ketones is 1. The second kappa shape index (κ2) is 9.72. The molecule has 37 heavy (non-hydrogen) atoms. The number of nitro groups is 1. The fraction of sp³-hybridized carbons (Fsp3) is 0.308.